The van der Waals surface area contributed by atoms with Crippen molar-refractivity contribution in [1.29, 1.82) is 0 Å². The van der Waals surface area contributed by atoms with Crippen LogP contribution in [0.15, 0.2) is 53.0 Å². The number of nitrogens with two attached hydrogens (primary N) is 1. The zero-order chi connectivity index (χ0) is 13.7. The van der Waals surface area contributed by atoms with E-state index in [1.54, 1.807) is 12.1 Å². The predicted octanol–water partition coefficient (Wildman–Crippen LogP) is 4.06. The molecule has 0 heterocycles. The van der Waals surface area contributed by atoms with E-state index in [-0.39, 0.29) is 11.9 Å². The third-order valence-corrected chi connectivity index (χ3v) is 3.29. The van der Waals surface area contributed by atoms with E-state index in [9.17, 15) is 4.39 Å². The topological polar surface area (TPSA) is 35.2 Å². The van der Waals surface area contributed by atoms with Crippen molar-refractivity contribution in [2.75, 3.05) is 6.61 Å². The van der Waals surface area contributed by atoms with Gasteiger partial charge in [0.1, 0.15) is 11.6 Å². The maximum absolute atomic E-state index is 13.6. The number of ether oxygens (including phenoxy) is 1. The molecule has 1 unspecified atom stereocenters. The van der Waals surface area contributed by atoms with Crippen LogP contribution >= 0.6 is 15.9 Å². The molecule has 0 aromatic heterocycles. The van der Waals surface area contributed by atoms with Crippen molar-refractivity contribution in [3.8, 4) is 5.75 Å². The molecule has 2 rings (SSSR count). The molecule has 0 saturated carbocycles. The summed E-state index contributed by atoms with van der Waals surface area (Å²) in [5, 5.41) is 0. The van der Waals surface area contributed by atoms with Crippen molar-refractivity contribution in [3.63, 3.8) is 0 Å². The van der Waals surface area contributed by atoms with Gasteiger partial charge in [0.2, 0.25) is 0 Å². The lowest BCUT2D eigenvalue weighted by Gasteiger charge is -2.14. The highest BCUT2D eigenvalue weighted by molar-refractivity contribution is 9.10. The van der Waals surface area contributed by atoms with Crippen LogP contribution in [0.25, 0.3) is 0 Å². The van der Waals surface area contributed by atoms with Crippen LogP contribution < -0.4 is 10.5 Å². The molecule has 0 amide bonds. The Morgan fingerprint density at radius 1 is 1.16 bits per heavy atom. The molecule has 1 atom stereocenters. The summed E-state index contributed by atoms with van der Waals surface area (Å²) >= 11 is 3.32. The lowest BCUT2D eigenvalue weighted by atomic mass is 10.0. The van der Waals surface area contributed by atoms with Gasteiger partial charge >= 0.3 is 0 Å². The maximum Gasteiger partial charge on any atom is 0.128 e. The molecule has 19 heavy (non-hydrogen) atoms. The van der Waals surface area contributed by atoms with E-state index in [0.717, 1.165) is 10.2 Å². The second-order valence-corrected chi connectivity index (χ2v) is 5.14. The zero-order valence-corrected chi connectivity index (χ0v) is 11.9. The summed E-state index contributed by atoms with van der Waals surface area (Å²) in [5.41, 5.74) is 6.49. The second kappa shape index (κ2) is 6.68. The van der Waals surface area contributed by atoms with Crippen LogP contribution in [0.5, 0.6) is 5.75 Å². The highest BCUT2D eigenvalue weighted by Gasteiger charge is 2.12. The largest absolute Gasteiger partial charge is 0.494 e. The Morgan fingerprint density at radius 2 is 1.89 bits per heavy atom. The van der Waals surface area contributed by atoms with Crippen LogP contribution in [-0.4, -0.2) is 6.61 Å². The minimum Gasteiger partial charge on any atom is -0.494 e. The Bertz CT molecular complexity index is 533. The van der Waals surface area contributed by atoms with Gasteiger partial charge in [-0.25, -0.2) is 4.39 Å². The molecule has 0 saturated heterocycles. The molecule has 100 valence electrons. The standard InChI is InChI=1S/C15H15BrFNO/c16-11-6-7-14(17)13(10-11)15(18)8-9-19-12-4-2-1-3-5-12/h1-7,10,15H,8-9,18H2. The van der Waals surface area contributed by atoms with Gasteiger partial charge in [-0.3, -0.25) is 0 Å². The Balaban J connectivity index is 1.91. The van der Waals surface area contributed by atoms with E-state index in [2.05, 4.69) is 15.9 Å². The van der Waals surface area contributed by atoms with E-state index in [4.69, 9.17) is 10.5 Å². The molecule has 0 aliphatic rings. The Kier molecular flexibility index (Phi) is 4.93. The lowest BCUT2D eigenvalue weighted by Crippen LogP contribution is -2.15. The highest BCUT2D eigenvalue weighted by atomic mass is 79.9. The van der Waals surface area contributed by atoms with Crippen molar-refractivity contribution in [3.05, 3.63) is 64.4 Å². The van der Waals surface area contributed by atoms with E-state index < -0.39 is 0 Å². The summed E-state index contributed by atoms with van der Waals surface area (Å²) in [6.45, 7) is 0.455. The van der Waals surface area contributed by atoms with Crippen molar-refractivity contribution in [1.82, 2.24) is 0 Å². The monoisotopic (exact) mass is 323 g/mol. The number of halogens is 2. The van der Waals surface area contributed by atoms with Crippen molar-refractivity contribution in [2.24, 2.45) is 5.73 Å². The van der Waals surface area contributed by atoms with Crippen LogP contribution in [0.4, 0.5) is 4.39 Å². The number of hydrogen-bond donors (Lipinski definition) is 1. The molecule has 2 aromatic carbocycles. The molecule has 0 radical (unpaired) electrons. The Hall–Kier alpha value is -1.39. The fourth-order valence-electron chi connectivity index (χ4n) is 1.77. The smallest absolute Gasteiger partial charge is 0.128 e. The molecule has 0 aliphatic heterocycles. The van der Waals surface area contributed by atoms with Gasteiger partial charge in [-0.15, -0.1) is 0 Å². The predicted molar refractivity (Wildman–Crippen MR) is 77.6 cm³/mol. The molecule has 4 heteroatoms. The van der Waals surface area contributed by atoms with Gasteiger partial charge in [0.05, 0.1) is 6.61 Å². The van der Waals surface area contributed by atoms with Gasteiger partial charge in [0.15, 0.2) is 0 Å². The van der Waals surface area contributed by atoms with Crippen LogP contribution in [0, 0.1) is 5.82 Å². The molecular formula is C15H15BrFNO. The molecule has 2 nitrogen and oxygen atoms in total. The van der Waals surface area contributed by atoms with Gasteiger partial charge in [0.25, 0.3) is 0 Å². The molecule has 2 aromatic rings. The average molecular weight is 324 g/mol. The van der Waals surface area contributed by atoms with Crippen LogP contribution in [0.3, 0.4) is 0 Å². The summed E-state index contributed by atoms with van der Waals surface area (Å²) in [7, 11) is 0. The molecule has 0 bridgehead atoms. The minimum absolute atomic E-state index is 0.282. The van der Waals surface area contributed by atoms with Gasteiger partial charge in [-0.2, -0.15) is 0 Å². The number of rotatable bonds is 5. The first-order valence-corrected chi connectivity index (χ1v) is 6.84. The van der Waals surface area contributed by atoms with E-state index in [1.165, 1.54) is 6.07 Å². The average Bonchev–Trinajstić information content (AvgIpc) is 2.42. The third kappa shape index (κ3) is 4.04. The number of para-hydroxylation sites is 1. The minimum atomic E-state index is -0.374. The zero-order valence-electron chi connectivity index (χ0n) is 10.4. The first kappa shape index (κ1) is 14.0. The van der Waals surface area contributed by atoms with E-state index in [0.29, 0.717) is 18.6 Å². The molecule has 0 aliphatic carbocycles. The molecule has 0 spiro atoms. The summed E-state index contributed by atoms with van der Waals surface area (Å²) in [6.07, 6.45) is 0.558. The fourth-order valence-corrected chi connectivity index (χ4v) is 2.15. The van der Waals surface area contributed by atoms with Crippen LogP contribution in [-0.2, 0) is 0 Å². The number of hydrogen-bond acceptors (Lipinski definition) is 2. The lowest BCUT2D eigenvalue weighted by molar-refractivity contribution is 0.297. The summed E-state index contributed by atoms with van der Waals surface area (Å²) in [6, 6.07) is 13.9. The summed E-state index contributed by atoms with van der Waals surface area (Å²) in [4.78, 5) is 0. The van der Waals surface area contributed by atoms with Crippen molar-refractivity contribution < 1.29 is 9.13 Å². The highest BCUT2D eigenvalue weighted by Crippen LogP contribution is 2.22. The Labute approximate surface area is 120 Å². The molecule has 2 N–H and O–H groups in total. The van der Waals surface area contributed by atoms with Crippen molar-refractivity contribution >= 4 is 15.9 Å². The number of benzene rings is 2. The first-order chi connectivity index (χ1) is 9.16. The van der Waals surface area contributed by atoms with Crippen LogP contribution in [0.1, 0.15) is 18.0 Å². The van der Waals surface area contributed by atoms with Gasteiger partial charge in [-0.05, 0) is 30.3 Å². The Morgan fingerprint density at radius 3 is 2.63 bits per heavy atom. The van der Waals surface area contributed by atoms with E-state index in [1.807, 2.05) is 30.3 Å². The SMILES string of the molecule is NC(CCOc1ccccc1)c1cc(Br)ccc1F. The quantitative estimate of drug-likeness (QED) is 0.900. The maximum atomic E-state index is 13.6. The van der Waals surface area contributed by atoms with Crippen molar-refractivity contribution in [2.45, 2.75) is 12.5 Å². The first-order valence-electron chi connectivity index (χ1n) is 6.05. The van der Waals surface area contributed by atoms with Gasteiger partial charge in [0, 0.05) is 22.5 Å². The fraction of sp³-hybridized carbons (Fsp3) is 0.200. The van der Waals surface area contributed by atoms with Gasteiger partial charge in [-0.1, -0.05) is 34.1 Å². The van der Waals surface area contributed by atoms with Crippen LogP contribution in [0.2, 0.25) is 0 Å². The molecule has 0 fully saturated rings. The summed E-state index contributed by atoms with van der Waals surface area (Å²) < 4.78 is 20.0. The normalized spacial score (nSPS) is 12.2. The third-order valence-electron chi connectivity index (χ3n) is 2.80. The van der Waals surface area contributed by atoms with Gasteiger partial charge < -0.3 is 10.5 Å². The molecular weight excluding hydrogens is 309 g/mol. The van der Waals surface area contributed by atoms with E-state index >= 15 is 0 Å². The second-order valence-electron chi connectivity index (χ2n) is 4.22. The summed E-state index contributed by atoms with van der Waals surface area (Å²) in [5.74, 6) is 0.514.